The molecule has 1 saturated heterocycles. The van der Waals surface area contributed by atoms with Gasteiger partial charge in [-0.15, -0.1) is 0 Å². The SMILES string of the molecule is CCCC1C[C@@H](C(=O)O)N(C)C1. The summed E-state index contributed by atoms with van der Waals surface area (Å²) in [4.78, 5) is 12.7. The van der Waals surface area contributed by atoms with Crippen LogP contribution in [-0.4, -0.2) is 35.6 Å². The van der Waals surface area contributed by atoms with Crippen LogP contribution in [0.25, 0.3) is 0 Å². The summed E-state index contributed by atoms with van der Waals surface area (Å²) < 4.78 is 0. The average molecular weight is 171 g/mol. The minimum atomic E-state index is -0.670. The third-order valence-electron chi connectivity index (χ3n) is 2.62. The second kappa shape index (κ2) is 3.90. The van der Waals surface area contributed by atoms with Crippen molar-refractivity contribution in [1.29, 1.82) is 0 Å². The van der Waals surface area contributed by atoms with Crippen LogP contribution >= 0.6 is 0 Å². The van der Waals surface area contributed by atoms with Crippen molar-refractivity contribution in [1.82, 2.24) is 4.90 Å². The monoisotopic (exact) mass is 171 g/mol. The molecule has 1 aliphatic rings. The van der Waals surface area contributed by atoms with Gasteiger partial charge < -0.3 is 5.11 Å². The largest absolute Gasteiger partial charge is 0.480 e. The second-order valence-electron chi connectivity index (χ2n) is 3.68. The number of hydrogen-bond acceptors (Lipinski definition) is 2. The standard InChI is InChI=1S/C9H17NO2/c1-3-4-7-5-8(9(11)12)10(2)6-7/h7-8H,3-6H2,1-2H3,(H,11,12)/t7?,8-/m0/s1. The van der Waals surface area contributed by atoms with E-state index in [0.717, 1.165) is 25.8 Å². The quantitative estimate of drug-likeness (QED) is 0.693. The number of carbonyl (C=O) groups is 1. The smallest absolute Gasteiger partial charge is 0.320 e. The molecule has 1 unspecified atom stereocenters. The maximum Gasteiger partial charge on any atom is 0.320 e. The molecule has 12 heavy (non-hydrogen) atoms. The fourth-order valence-electron chi connectivity index (χ4n) is 2.01. The molecule has 0 radical (unpaired) electrons. The molecule has 3 heteroatoms. The molecular formula is C9H17NO2. The summed E-state index contributed by atoms with van der Waals surface area (Å²) in [6.45, 7) is 3.10. The normalized spacial score (nSPS) is 30.8. The Labute approximate surface area is 73.4 Å². The van der Waals surface area contributed by atoms with Gasteiger partial charge in [0.1, 0.15) is 6.04 Å². The Hall–Kier alpha value is -0.570. The first-order chi connectivity index (χ1) is 5.65. The lowest BCUT2D eigenvalue weighted by Crippen LogP contribution is -2.32. The summed E-state index contributed by atoms with van der Waals surface area (Å²) in [6.07, 6.45) is 3.15. The van der Waals surface area contributed by atoms with Crippen molar-refractivity contribution < 1.29 is 9.90 Å². The van der Waals surface area contributed by atoms with Gasteiger partial charge in [-0.2, -0.15) is 0 Å². The van der Waals surface area contributed by atoms with Gasteiger partial charge in [0.15, 0.2) is 0 Å². The fraction of sp³-hybridized carbons (Fsp3) is 0.889. The molecule has 3 nitrogen and oxygen atoms in total. The molecule has 70 valence electrons. The second-order valence-corrected chi connectivity index (χ2v) is 3.68. The van der Waals surface area contributed by atoms with Crippen LogP contribution in [0.5, 0.6) is 0 Å². The highest BCUT2D eigenvalue weighted by molar-refractivity contribution is 5.73. The number of rotatable bonds is 3. The first kappa shape index (κ1) is 9.52. The third kappa shape index (κ3) is 1.97. The highest BCUT2D eigenvalue weighted by Crippen LogP contribution is 2.25. The van der Waals surface area contributed by atoms with E-state index in [-0.39, 0.29) is 6.04 Å². The summed E-state index contributed by atoms with van der Waals surface area (Å²) in [5.41, 5.74) is 0. The van der Waals surface area contributed by atoms with E-state index in [1.54, 1.807) is 0 Å². The van der Waals surface area contributed by atoms with Crippen LogP contribution in [0.4, 0.5) is 0 Å². The van der Waals surface area contributed by atoms with Crippen molar-refractivity contribution >= 4 is 5.97 Å². The minimum absolute atomic E-state index is 0.235. The number of carboxylic acids is 1. The van der Waals surface area contributed by atoms with E-state index in [2.05, 4.69) is 6.92 Å². The topological polar surface area (TPSA) is 40.5 Å². The fourth-order valence-corrected chi connectivity index (χ4v) is 2.01. The van der Waals surface area contributed by atoms with Gasteiger partial charge in [-0.05, 0) is 25.8 Å². The molecule has 0 aromatic rings. The van der Waals surface area contributed by atoms with E-state index in [9.17, 15) is 4.79 Å². The lowest BCUT2D eigenvalue weighted by Gasteiger charge is -2.13. The molecule has 0 amide bonds. The van der Waals surface area contributed by atoms with Crippen molar-refractivity contribution in [3.05, 3.63) is 0 Å². The molecule has 0 aromatic heterocycles. The van der Waals surface area contributed by atoms with Gasteiger partial charge in [0.2, 0.25) is 0 Å². The number of aliphatic carboxylic acids is 1. The molecule has 0 bridgehead atoms. The zero-order valence-corrected chi connectivity index (χ0v) is 7.79. The van der Waals surface area contributed by atoms with Gasteiger partial charge in [-0.1, -0.05) is 13.3 Å². The highest BCUT2D eigenvalue weighted by atomic mass is 16.4. The Balaban J connectivity index is 2.44. The van der Waals surface area contributed by atoms with Crippen LogP contribution in [0.15, 0.2) is 0 Å². The summed E-state index contributed by atoms with van der Waals surface area (Å²) in [5.74, 6) is -0.0720. The predicted octanol–water partition coefficient (Wildman–Crippen LogP) is 1.19. The lowest BCUT2D eigenvalue weighted by atomic mass is 10.0. The maximum absolute atomic E-state index is 10.7. The number of nitrogens with zero attached hydrogens (tertiary/aromatic N) is 1. The van der Waals surface area contributed by atoms with Crippen LogP contribution in [0, 0.1) is 5.92 Å². The van der Waals surface area contributed by atoms with E-state index >= 15 is 0 Å². The molecule has 0 aliphatic carbocycles. The number of likely N-dealkylation sites (tertiary alicyclic amines) is 1. The van der Waals surface area contributed by atoms with E-state index in [1.807, 2.05) is 11.9 Å². The Kier molecular flexibility index (Phi) is 3.09. The summed E-state index contributed by atoms with van der Waals surface area (Å²) in [6, 6.07) is -0.235. The summed E-state index contributed by atoms with van der Waals surface area (Å²) in [5, 5.41) is 8.83. The van der Waals surface area contributed by atoms with E-state index in [4.69, 9.17) is 5.11 Å². The van der Waals surface area contributed by atoms with Gasteiger partial charge in [0, 0.05) is 6.54 Å². The molecule has 1 heterocycles. The third-order valence-corrected chi connectivity index (χ3v) is 2.62. The number of hydrogen-bond donors (Lipinski definition) is 1. The lowest BCUT2D eigenvalue weighted by molar-refractivity contribution is -0.141. The van der Waals surface area contributed by atoms with Gasteiger partial charge in [0.25, 0.3) is 0 Å². The van der Waals surface area contributed by atoms with Crippen LogP contribution < -0.4 is 0 Å². The van der Waals surface area contributed by atoms with Crippen molar-refractivity contribution in [2.75, 3.05) is 13.6 Å². The number of carboxylic acid groups (broad SMARTS) is 1. The molecule has 1 N–H and O–H groups in total. The molecule has 0 spiro atoms. The minimum Gasteiger partial charge on any atom is -0.480 e. The molecule has 0 saturated carbocycles. The van der Waals surface area contributed by atoms with Crippen LogP contribution in [0.2, 0.25) is 0 Å². The van der Waals surface area contributed by atoms with Gasteiger partial charge in [0.05, 0.1) is 0 Å². The first-order valence-electron chi connectivity index (χ1n) is 4.58. The number of likely N-dealkylation sites (N-methyl/N-ethyl adjacent to an activating group) is 1. The average Bonchev–Trinajstić information content (AvgIpc) is 2.32. The van der Waals surface area contributed by atoms with Crippen molar-refractivity contribution in [3.8, 4) is 0 Å². The summed E-state index contributed by atoms with van der Waals surface area (Å²) in [7, 11) is 1.90. The zero-order valence-electron chi connectivity index (χ0n) is 7.79. The first-order valence-corrected chi connectivity index (χ1v) is 4.58. The van der Waals surface area contributed by atoms with E-state index in [0.29, 0.717) is 5.92 Å². The van der Waals surface area contributed by atoms with Gasteiger partial charge in [-0.3, -0.25) is 9.69 Å². The maximum atomic E-state index is 10.7. The van der Waals surface area contributed by atoms with Crippen molar-refractivity contribution in [2.24, 2.45) is 5.92 Å². The van der Waals surface area contributed by atoms with E-state index < -0.39 is 5.97 Å². The van der Waals surface area contributed by atoms with Crippen molar-refractivity contribution in [3.63, 3.8) is 0 Å². The summed E-state index contributed by atoms with van der Waals surface area (Å²) >= 11 is 0. The Morgan fingerprint density at radius 1 is 1.67 bits per heavy atom. The molecule has 2 atom stereocenters. The van der Waals surface area contributed by atoms with Crippen LogP contribution in [0.3, 0.4) is 0 Å². The van der Waals surface area contributed by atoms with Gasteiger partial charge in [-0.25, -0.2) is 0 Å². The predicted molar refractivity (Wildman–Crippen MR) is 47.1 cm³/mol. The Morgan fingerprint density at radius 3 is 2.75 bits per heavy atom. The zero-order chi connectivity index (χ0) is 9.14. The Bertz CT molecular complexity index is 170. The van der Waals surface area contributed by atoms with Crippen molar-refractivity contribution in [2.45, 2.75) is 32.2 Å². The Morgan fingerprint density at radius 2 is 2.33 bits per heavy atom. The molecule has 1 rings (SSSR count). The highest BCUT2D eigenvalue weighted by Gasteiger charge is 2.33. The van der Waals surface area contributed by atoms with Crippen LogP contribution in [0.1, 0.15) is 26.2 Å². The molecule has 0 aromatic carbocycles. The molecular weight excluding hydrogens is 154 g/mol. The molecule has 1 aliphatic heterocycles. The van der Waals surface area contributed by atoms with E-state index in [1.165, 1.54) is 0 Å². The van der Waals surface area contributed by atoms with Crippen LogP contribution in [-0.2, 0) is 4.79 Å². The molecule has 1 fully saturated rings. The van der Waals surface area contributed by atoms with Gasteiger partial charge >= 0.3 is 5.97 Å².